The number of nitrogens with zero attached hydrogens (tertiary/aromatic N) is 2. The summed E-state index contributed by atoms with van der Waals surface area (Å²) in [6, 6.07) is 3.04. The zero-order valence-electron chi connectivity index (χ0n) is 13.2. The van der Waals surface area contributed by atoms with E-state index in [1.807, 2.05) is 0 Å². The van der Waals surface area contributed by atoms with Gasteiger partial charge in [0.25, 0.3) is 5.56 Å². The number of carbonyl (C=O) groups is 1. The predicted octanol–water partition coefficient (Wildman–Crippen LogP) is 2.42. The van der Waals surface area contributed by atoms with Gasteiger partial charge in [-0.1, -0.05) is 20.8 Å². The van der Waals surface area contributed by atoms with Crippen LogP contribution in [0.3, 0.4) is 0 Å². The summed E-state index contributed by atoms with van der Waals surface area (Å²) in [6.45, 7) is 6.61. The summed E-state index contributed by atoms with van der Waals surface area (Å²) in [7, 11) is 0. The highest BCUT2D eigenvalue weighted by molar-refractivity contribution is 5.91. The molecule has 2 unspecified atom stereocenters. The Kier molecular flexibility index (Phi) is 3.54. The van der Waals surface area contributed by atoms with Crippen molar-refractivity contribution in [2.75, 3.05) is 5.32 Å². The maximum Gasteiger partial charge on any atom is 0.274 e. The number of hydrogen-bond donors (Lipinski definition) is 2. The zero-order chi connectivity index (χ0) is 15.9. The van der Waals surface area contributed by atoms with Crippen LogP contribution < -0.4 is 10.9 Å². The van der Waals surface area contributed by atoms with Gasteiger partial charge < -0.3 is 5.32 Å². The lowest BCUT2D eigenvalue weighted by atomic mass is 9.68. The molecule has 22 heavy (non-hydrogen) atoms. The minimum absolute atomic E-state index is 0.0229. The number of anilines is 1. The van der Waals surface area contributed by atoms with Crippen LogP contribution in [0.1, 0.15) is 40.0 Å². The summed E-state index contributed by atoms with van der Waals surface area (Å²) >= 11 is 0. The van der Waals surface area contributed by atoms with Gasteiger partial charge in [0, 0.05) is 24.2 Å². The molecule has 0 aliphatic heterocycles. The van der Waals surface area contributed by atoms with Crippen LogP contribution in [0.5, 0.6) is 0 Å². The first-order valence-electron chi connectivity index (χ1n) is 7.72. The van der Waals surface area contributed by atoms with E-state index in [2.05, 4.69) is 36.2 Å². The Morgan fingerprint density at radius 2 is 2.23 bits per heavy atom. The molecule has 0 aromatic carbocycles. The van der Waals surface area contributed by atoms with E-state index in [-0.39, 0.29) is 22.8 Å². The molecule has 2 atom stereocenters. The molecule has 1 saturated carbocycles. The molecule has 1 aliphatic carbocycles. The van der Waals surface area contributed by atoms with E-state index < -0.39 is 0 Å². The minimum atomic E-state index is -0.234. The van der Waals surface area contributed by atoms with E-state index in [1.54, 1.807) is 12.3 Å². The molecular formula is C16H22N4O2. The van der Waals surface area contributed by atoms with Gasteiger partial charge in [0.1, 0.15) is 5.82 Å². The second kappa shape index (κ2) is 5.26. The molecule has 0 radical (unpaired) electrons. The van der Waals surface area contributed by atoms with Crippen LogP contribution >= 0.6 is 0 Å². The fourth-order valence-electron chi connectivity index (χ4n) is 3.77. The highest BCUT2D eigenvalue weighted by Gasteiger charge is 2.35. The lowest BCUT2D eigenvalue weighted by Crippen LogP contribution is -2.35. The van der Waals surface area contributed by atoms with Crippen molar-refractivity contribution in [3.8, 4) is 0 Å². The normalized spacial score (nSPS) is 24.3. The number of amides is 1. The maximum atomic E-state index is 12.5. The molecule has 2 aromatic rings. The first-order chi connectivity index (χ1) is 10.3. The Morgan fingerprint density at radius 1 is 1.45 bits per heavy atom. The third-order valence-electron chi connectivity index (χ3n) is 4.39. The van der Waals surface area contributed by atoms with E-state index >= 15 is 0 Å². The number of rotatable bonds is 2. The van der Waals surface area contributed by atoms with Gasteiger partial charge in [-0.2, -0.15) is 0 Å². The molecule has 2 aromatic heterocycles. The zero-order valence-corrected chi connectivity index (χ0v) is 13.2. The summed E-state index contributed by atoms with van der Waals surface area (Å²) in [4.78, 5) is 28.7. The first-order valence-corrected chi connectivity index (χ1v) is 7.72. The molecule has 2 heterocycles. The van der Waals surface area contributed by atoms with Crippen LogP contribution in [-0.4, -0.2) is 20.5 Å². The fraction of sp³-hybridized carbons (Fsp3) is 0.562. The lowest BCUT2D eigenvalue weighted by Gasteiger charge is -2.38. The number of hydrogen-bond acceptors (Lipinski definition) is 3. The van der Waals surface area contributed by atoms with Crippen molar-refractivity contribution in [3.63, 3.8) is 0 Å². The summed E-state index contributed by atoms with van der Waals surface area (Å²) in [5, 5.41) is 5.59. The van der Waals surface area contributed by atoms with Crippen molar-refractivity contribution in [2.45, 2.75) is 40.0 Å². The average Bonchev–Trinajstić information content (AvgIpc) is 2.85. The molecule has 0 spiro atoms. The molecule has 1 fully saturated rings. The maximum absolute atomic E-state index is 12.5. The molecule has 6 nitrogen and oxygen atoms in total. The van der Waals surface area contributed by atoms with E-state index in [4.69, 9.17) is 0 Å². The molecule has 3 rings (SSSR count). The molecular weight excluding hydrogens is 280 g/mol. The Labute approximate surface area is 128 Å². The van der Waals surface area contributed by atoms with Crippen molar-refractivity contribution in [1.82, 2.24) is 14.6 Å². The van der Waals surface area contributed by atoms with E-state index in [0.29, 0.717) is 17.4 Å². The SMILES string of the molecule is CC1CC(C(=O)Nc2cc(=O)n3[nH]ccc3n2)CC(C)(C)C1. The number of fused-ring (bicyclic) bond motifs is 1. The number of aromatic amines is 1. The number of H-pyrrole nitrogens is 1. The number of carbonyl (C=O) groups excluding carboxylic acids is 1. The van der Waals surface area contributed by atoms with Gasteiger partial charge in [-0.15, -0.1) is 0 Å². The Hall–Kier alpha value is -2.11. The molecule has 118 valence electrons. The third-order valence-corrected chi connectivity index (χ3v) is 4.39. The summed E-state index contributed by atoms with van der Waals surface area (Å²) in [5.74, 6) is 0.799. The smallest absolute Gasteiger partial charge is 0.274 e. The molecule has 0 bridgehead atoms. The largest absolute Gasteiger partial charge is 0.310 e. The standard InChI is InChI=1S/C16H22N4O2/c1-10-6-11(9-16(2,3)8-10)15(22)19-12-7-14(21)20-13(18-12)4-5-17-20/h4-5,7,10-11,17H,6,8-9H2,1-3H3,(H,19,22). The topological polar surface area (TPSA) is 79.3 Å². The van der Waals surface area contributed by atoms with Gasteiger partial charge in [0.2, 0.25) is 5.91 Å². The van der Waals surface area contributed by atoms with Crippen LogP contribution in [0.25, 0.3) is 5.65 Å². The van der Waals surface area contributed by atoms with Gasteiger partial charge in [-0.05, 0) is 30.6 Å². The monoisotopic (exact) mass is 302 g/mol. The molecule has 1 aliphatic rings. The van der Waals surface area contributed by atoms with E-state index in [0.717, 1.165) is 19.3 Å². The number of aromatic nitrogens is 3. The Bertz CT molecular complexity index is 759. The Balaban J connectivity index is 1.79. The van der Waals surface area contributed by atoms with Crippen molar-refractivity contribution >= 4 is 17.4 Å². The number of nitrogens with one attached hydrogen (secondary N) is 2. The summed E-state index contributed by atoms with van der Waals surface area (Å²) in [5.41, 5.74) is 0.444. The highest BCUT2D eigenvalue weighted by Crippen LogP contribution is 2.41. The van der Waals surface area contributed by atoms with Crippen LogP contribution in [-0.2, 0) is 4.79 Å². The van der Waals surface area contributed by atoms with Crippen LogP contribution in [0, 0.1) is 17.3 Å². The van der Waals surface area contributed by atoms with Crippen molar-refractivity contribution < 1.29 is 4.79 Å². The van der Waals surface area contributed by atoms with Crippen molar-refractivity contribution in [1.29, 1.82) is 0 Å². The molecule has 0 saturated heterocycles. The van der Waals surface area contributed by atoms with Crippen molar-refractivity contribution in [2.24, 2.45) is 17.3 Å². The summed E-state index contributed by atoms with van der Waals surface area (Å²) < 4.78 is 1.33. The second-order valence-corrected chi connectivity index (χ2v) is 7.24. The van der Waals surface area contributed by atoms with Gasteiger partial charge in [-0.3, -0.25) is 14.7 Å². The minimum Gasteiger partial charge on any atom is -0.310 e. The summed E-state index contributed by atoms with van der Waals surface area (Å²) in [6.07, 6.45) is 4.54. The van der Waals surface area contributed by atoms with Gasteiger partial charge in [-0.25, -0.2) is 9.50 Å². The van der Waals surface area contributed by atoms with Gasteiger partial charge in [0.05, 0.1) is 0 Å². The van der Waals surface area contributed by atoms with E-state index in [1.165, 1.54) is 10.6 Å². The molecule has 2 N–H and O–H groups in total. The average molecular weight is 302 g/mol. The van der Waals surface area contributed by atoms with Crippen LogP contribution in [0.15, 0.2) is 23.1 Å². The van der Waals surface area contributed by atoms with Gasteiger partial charge >= 0.3 is 0 Å². The van der Waals surface area contributed by atoms with Crippen molar-refractivity contribution in [3.05, 3.63) is 28.7 Å². The van der Waals surface area contributed by atoms with Gasteiger partial charge in [0.15, 0.2) is 5.65 Å². The quantitative estimate of drug-likeness (QED) is 0.894. The molecule has 6 heteroatoms. The second-order valence-electron chi connectivity index (χ2n) is 7.24. The lowest BCUT2D eigenvalue weighted by molar-refractivity contribution is -0.122. The first kappa shape index (κ1) is 14.8. The highest BCUT2D eigenvalue weighted by atomic mass is 16.2. The third kappa shape index (κ3) is 2.91. The van der Waals surface area contributed by atoms with Crippen LogP contribution in [0.2, 0.25) is 0 Å². The van der Waals surface area contributed by atoms with Crippen LogP contribution in [0.4, 0.5) is 5.82 Å². The molecule has 1 amide bonds. The van der Waals surface area contributed by atoms with E-state index in [9.17, 15) is 9.59 Å². The fourth-order valence-corrected chi connectivity index (χ4v) is 3.77. The predicted molar refractivity (Wildman–Crippen MR) is 84.7 cm³/mol. The Morgan fingerprint density at radius 3 is 2.95 bits per heavy atom.